The maximum Gasteiger partial charge on any atom is 0.259 e. The van der Waals surface area contributed by atoms with Crippen LogP contribution in [-0.4, -0.2) is 51.8 Å². The predicted octanol–water partition coefficient (Wildman–Crippen LogP) is 1.80. The van der Waals surface area contributed by atoms with E-state index in [4.69, 9.17) is 11.6 Å². The quantitative estimate of drug-likeness (QED) is 0.845. The molecule has 2 aromatic heterocycles. The fraction of sp³-hybridized carbons (Fsp3) is 0.462. The van der Waals surface area contributed by atoms with Crippen molar-refractivity contribution in [3.63, 3.8) is 0 Å². The maximum atomic E-state index is 12.6. The molecule has 1 saturated heterocycles. The van der Waals surface area contributed by atoms with E-state index in [1.165, 1.54) is 4.68 Å². The standard InChI is InChI=1S/C13H16ClN5OS/c1-9-10(11(14)17(2)16-9)12(20)18-4-6-19(7-5-18)13-15-3-8-21-13/h3,8H,4-7H2,1-2H3. The first-order valence-electron chi connectivity index (χ1n) is 6.70. The second kappa shape index (κ2) is 5.65. The number of thiazole rings is 1. The predicted molar refractivity (Wildman–Crippen MR) is 83.2 cm³/mol. The first-order valence-corrected chi connectivity index (χ1v) is 7.96. The first kappa shape index (κ1) is 14.3. The van der Waals surface area contributed by atoms with Crippen LogP contribution in [0.25, 0.3) is 0 Å². The molecule has 0 atom stereocenters. The van der Waals surface area contributed by atoms with Crippen LogP contribution in [0.4, 0.5) is 5.13 Å². The Hall–Kier alpha value is -1.60. The summed E-state index contributed by atoms with van der Waals surface area (Å²) in [4.78, 5) is 20.9. The number of rotatable bonds is 2. The minimum absolute atomic E-state index is 0.0376. The summed E-state index contributed by atoms with van der Waals surface area (Å²) in [6.45, 7) is 4.73. The Kier molecular flexibility index (Phi) is 3.86. The van der Waals surface area contributed by atoms with Crippen LogP contribution in [0.3, 0.4) is 0 Å². The second-order valence-electron chi connectivity index (χ2n) is 4.97. The van der Waals surface area contributed by atoms with Crippen molar-refractivity contribution in [2.45, 2.75) is 6.92 Å². The minimum atomic E-state index is -0.0376. The molecule has 0 bridgehead atoms. The Balaban J connectivity index is 1.70. The molecule has 0 N–H and O–H groups in total. The van der Waals surface area contributed by atoms with E-state index in [1.807, 2.05) is 17.2 Å². The van der Waals surface area contributed by atoms with Crippen LogP contribution in [0, 0.1) is 6.92 Å². The molecule has 0 aromatic carbocycles. The monoisotopic (exact) mass is 325 g/mol. The van der Waals surface area contributed by atoms with Gasteiger partial charge in [-0.15, -0.1) is 11.3 Å². The minimum Gasteiger partial charge on any atom is -0.345 e. The molecule has 1 aliphatic heterocycles. The van der Waals surface area contributed by atoms with Crippen molar-refractivity contribution in [1.29, 1.82) is 0 Å². The van der Waals surface area contributed by atoms with Gasteiger partial charge in [0.2, 0.25) is 0 Å². The molecule has 2 aromatic rings. The largest absolute Gasteiger partial charge is 0.345 e. The van der Waals surface area contributed by atoms with Crippen LogP contribution in [-0.2, 0) is 7.05 Å². The zero-order valence-electron chi connectivity index (χ0n) is 11.9. The average molecular weight is 326 g/mol. The van der Waals surface area contributed by atoms with E-state index in [9.17, 15) is 4.79 Å². The van der Waals surface area contributed by atoms with Gasteiger partial charge >= 0.3 is 0 Å². The summed E-state index contributed by atoms with van der Waals surface area (Å²) in [5.41, 5.74) is 1.19. The fourth-order valence-corrected chi connectivity index (χ4v) is 3.46. The van der Waals surface area contributed by atoms with Crippen molar-refractivity contribution in [3.05, 3.63) is 28.0 Å². The molecule has 6 nitrogen and oxygen atoms in total. The number of aromatic nitrogens is 3. The van der Waals surface area contributed by atoms with Gasteiger partial charge in [0.15, 0.2) is 5.13 Å². The van der Waals surface area contributed by atoms with E-state index in [1.54, 1.807) is 24.6 Å². The van der Waals surface area contributed by atoms with Crippen LogP contribution in [0.1, 0.15) is 16.1 Å². The highest BCUT2D eigenvalue weighted by Crippen LogP contribution is 2.23. The molecule has 0 spiro atoms. The summed E-state index contributed by atoms with van der Waals surface area (Å²) in [6.07, 6.45) is 1.80. The maximum absolute atomic E-state index is 12.6. The Morgan fingerprint density at radius 1 is 1.33 bits per heavy atom. The lowest BCUT2D eigenvalue weighted by Gasteiger charge is -2.34. The lowest BCUT2D eigenvalue weighted by atomic mass is 10.2. The van der Waals surface area contributed by atoms with Crippen LogP contribution in [0.15, 0.2) is 11.6 Å². The molecule has 0 unspecified atom stereocenters. The summed E-state index contributed by atoms with van der Waals surface area (Å²) < 4.78 is 1.54. The van der Waals surface area contributed by atoms with Gasteiger partial charge in [0.05, 0.1) is 11.3 Å². The molecule has 3 rings (SSSR count). The highest BCUT2D eigenvalue weighted by Gasteiger charge is 2.27. The number of nitrogens with zero attached hydrogens (tertiary/aromatic N) is 5. The third kappa shape index (κ3) is 2.63. The number of piperazine rings is 1. The van der Waals surface area contributed by atoms with Crippen molar-refractivity contribution in [2.24, 2.45) is 7.05 Å². The Labute approximate surface area is 131 Å². The number of hydrogen-bond donors (Lipinski definition) is 0. The fourth-order valence-electron chi connectivity index (χ4n) is 2.50. The number of amides is 1. The van der Waals surface area contributed by atoms with Crippen LogP contribution < -0.4 is 4.90 Å². The van der Waals surface area contributed by atoms with E-state index in [0.717, 1.165) is 18.2 Å². The number of hydrogen-bond acceptors (Lipinski definition) is 5. The van der Waals surface area contributed by atoms with E-state index >= 15 is 0 Å². The Morgan fingerprint density at radius 2 is 2.05 bits per heavy atom. The van der Waals surface area contributed by atoms with E-state index in [0.29, 0.717) is 29.5 Å². The van der Waals surface area contributed by atoms with Gasteiger partial charge < -0.3 is 9.80 Å². The summed E-state index contributed by atoms with van der Waals surface area (Å²) in [5.74, 6) is -0.0376. The molecule has 0 saturated carbocycles. The lowest BCUT2D eigenvalue weighted by Crippen LogP contribution is -2.48. The average Bonchev–Trinajstić information content (AvgIpc) is 3.08. The highest BCUT2D eigenvalue weighted by molar-refractivity contribution is 7.13. The van der Waals surface area contributed by atoms with Gasteiger partial charge in [-0.3, -0.25) is 9.48 Å². The third-order valence-electron chi connectivity index (χ3n) is 3.62. The van der Waals surface area contributed by atoms with E-state index < -0.39 is 0 Å². The molecular formula is C13H16ClN5OS. The van der Waals surface area contributed by atoms with Gasteiger partial charge in [-0.1, -0.05) is 11.6 Å². The van der Waals surface area contributed by atoms with Crippen LogP contribution in [0.5, 0.6) is 0 Å². The molecule has 1 aliphatic rings. The van der Waals surface area contributed by atoms with Gasteiger partial charge in [-0.25, -0.2) is 4.98 Å². The molecule has 1 amide bonds. The molecule has 3 heterocycles. The molecule has 0 aliphatic carbocycles. The third-order valence-corrected chi connectivity index (χ3v) is 4.89. The highest BCUT2D eigenvalue weighted by atomic mass is 35.5. The summed E-state index contributed by atoms with van der Waals surface area (Å²) in [5, 5.41) is 7.58. The number of halogens is 1. The zero-order valence-corrected chi connectivity index (χ0v) is 13.5. The van der Waals surface area contributed by atoms with Crippen molar-refractivity contribution < 1.29 is 4.79 Å². The zero-order chi connectivity index (χ0) is 15.0. The number of carbonyl (C=O) groups is 1. The number of aryl methyl sites for hydroxylation is 2. The number of carbonyl (C=O) groups excluding carboxylic acids is 1. The second-order valence-corrected chi connectivity index (χ2v) is 6.20. The molecule has 0 radical (unpaired) electrons. The normalized spacial score (nSPS) is 15.6. The lowest BCUT2D eigenvalue weighted by molar-refractivity contribution is 0.0746. The summed E-state index contributed by atoms with van der Waals surface area (Å²) >= 11 is 7.79. The molecule has 8 heteroatoms. The van der Waals surface area contributed by atoms with Gasteiger partial charge in [0.25, 0.3) is 5.91 Å². The van der Waals surface area contributed by atoms with Gasteiger partial charge in [0, 0.05) is 44.8 Å². The van der Waals surface area contributed by atoms with Crippen molar-refractivity contribution in [3.8, 4) is 0 Å². The molecule has 1 fully saturated rings. The summed E-state index contributed by atoms with van der Waals surface area (Å²) in [6, 6.07) is 0. The smallest absolute Gasteiger partial charge is 0.259 e. The van der Waals surface area contributed by atoms with Gasteiger partial charge in [0.1, 0.15) is 5.15 Å². The van der Waals surface area contributed by atoms with E-state index in [2.05, 4.69) is 15.0 Å². The Bertz CT molecular complexity index is 646. The van der Waals surface area contributed by atoms with Gasteiger partial charge in [-0.2, -0.15) is 5.10 Å². The molecule has 112 valence electrons. The van der Waals surface area contributed by atoms with Crippen molar-refractivity contribution >= 4 is 34.0 Å². The Morgan fingerprint density at radius 3 is 2.57 bits per heavy atom. The van der Waals surface area contributed by atoms with E-state index in [-0.39, 0.29) is 5.91 Å². The SMILES string of the molecule is Cc1nn(C)c(Cl)c1C(=O)N1CCN(c2nccs2)CC1. The summed E-state index contributed by atoms with van der Waals surface area (Å²) in [7, 11) is 1.74. The van der Waals surface area contributed by atoms with Crippen molar-refractivity contribution in [2.75, 3.05) is 31.1 Å². The molecular weight excluding hydrogens is 310 g/mol. The van der Waals surface area contributed by atoms with Gasteiger partial charge in [-0.05, 0) is 6.92 Å². The van der Waals surface area contributed by atoms with Crippen LogP contribution in [0.2, 0.25) is 5.15 Å². The molecule has 21 heavy (non-hydrogen) atoms. The number of anilines is 1. The van der Waals surface area contributed by atoms with Crippen molar-refractivity contribution in [1.82, 2.24) is 19.7 Å². The van der Waals surface area contributed by atoms with Crippen LogP contribution >= 0.6 is 22.9 Å². The first-order chi connectivity index (χ1) is 10.1. The topological polar surface area (TPSA) is 54.3 Å².